The lowest BCUT2D eigenvalue weighted by molar-refractivity contribution is 0.165. The second kappa shape index (κ2) is 6.12. The molecule has 0 radical (unpaired) electrons. The average Bonchev–Trinajstić information content (AvgIpc) is 2.62. The molecule has 1 heterocycles. The van der Waals surface area contributed by atoms with Crippen molar-refractivity contribution in [2.45, 2.75) is 45.6 Å². The summed E-state index contributed by atoms with van der Waals surface area (Å²) in [6, 6.07) is 0.705. The van der Waals surface area contributed by atoms with Crippen molar-refractivity contribution >= 4 is 12.6 Å². The molecule has 0 bridgehead atoms. The molecular weight excluding hydrogens is 206 g/mol. The number of nitrogens with zero attached hydrogens (tertiary/aromatic N) is 1. The summed E-state index contributed by atoms with van der Waals surface area (Å²) in [5, 5.41) is 8.86. The van der Waals surface area contributed by atoms with E-state index in [2.05, 4.69) is 31.4 Å². The highest BCUT2D eigenvalue weighted by atomic mass is 32.1. The first-order valence-electron chi connectivity index (χ1n) is 6.05. The number of aliphatic hydroxyl groups excluding tert-OH is 1. The number of hydrogen-bond donors (Lipinski definition) is 2. The van der Waals surface area contributed by atoms with Gasteiger partial charge in [-0.05, 0) is 43.4 Å². The molecule has 0 saturated carbocycles. The predicted molar refractivity (Wildman–Crippen MR) is 68.5 cm³/mol. The molecule has 1 atom stereocenters. The van der Waals surface area contributed by atoms with Crippen molar-refractivity contribution in [3.05, 3.63) is 0 Å². The van der Waals surface area contributed by atoms with Crippen molar-refractivity contribution in [3.8, 4) is 0 Å². The average molecular weight is 231 g/mol. The fourth-order valence-electron chi connectivity index (χ4n) is 2.36. The van der Waals surface area contributed by atoms with Crippen molar-refractivity contribution in [3.63, 3.8) is 0 Å². The molecule has 0 aromatic carbocycles. The van der Waals surface area contributed by atoms with Gasteiger partial charge in [0.25, 0.3) is 0 Å². The number of hydrogen-bond acceptors (Lipinski definition) is 3. The Labute approximate surface area is 99.5 Å². The van der Waals surface area contributed by atoms with Gasteiger partial charge in [-0.3, -0.25) is 4.90 Å². The van der Waals surface area contributed by atoms with Crippen LogP contribution in [0.2, 0.25) is 0 Å². The van der Waals surface area contributed by atoms with Crippen LogP contribution < -0.4 is 0 Å². The number of likely N-dealkylation sites (tertiary alicyclic amines) is 1. The molecule has 0 aliphatic carbocycles. The van der Waals surface area contributed by atoms with E-state index >= 15 is 0 Å². The molecule has 1 rings (SSSR count). The van der Waals surface area contributed by atoms with E-state index in [1.165, 1.54) is 19.4 Å². The molecular formula is C12H25NOS. The van der Waals surface area contributed by atoms with Gasteiger partial charge in [0.1, 0.15) is 0 Å². The third kappa shape index (κ3) is 4.33. The smallest absolute Gasteiger partial charge is 0.0431 e. The summed E-state index contributed by atoms with van der Waals surface area (Å²) in [5.74, 6) is 0.941. The number of rotatable bonds is 6. The van der Waals surface area contributed by atoms with Gasteiger partial charge in [0.2, 0.25) is 0 Å². The standard InChI is InChI=1S/C12H25NOS/c1-12(2,10-15)9-13-7-3-5-11(13)6-4-8-14/h11,14-15H,3-10H2,1-2H3. The highest BCUT2D eigenvalue weighted by Gasteiger charge is 2.28. The van der Waals surface area contributed by atoms with Gasteiger partial charge in [-0.25, -0.2) is 0 Å². The van der Waals surface area contributed by atoms with Gasteiger partial charge in [0.15, 0.2) is 0 Å². The van der Waals surface area contributed by atoms with Crippen LogP contribution in [-0.4, -0.2) is 41.5 Å². The summed E-state index contributed by atoms with van der Waals surface area (Å²) in [7, 11) is 0. The van der Waals surface area contributed by atoms with E-state index in [9.17, 15) is 0 Å². The maximum atomic E-state index is 8.86. The summed E-state index contributed by atoms with van der Waals surface area (Å²) < 4.78 is 0. The molecule has 0 amide bonds. The van der Waals surface area contributed by atoms with Crippen molar-refractivity contribution in [1.82, 2.24) is 4.90 Å². The minimum Gasteiger partial charge on any atom is -0.396 e. The summed E-state index contributed by atoms with van der Waals surface area (Å²) >= 11 is 4.41. The van der Waals surface area contributed by atoms with Gasteiger partial charge in [0, 0.05) is 19.2 Å². The Morgan fingerprint density at radius 3 is 2.80 bits per heavy atom. The van der Waals surface area contributed by atoms with E-state index in [1.54, 1.807) is 0 Å². The monoisotopic (exact) mass is 231 g/mol. The van der Waals surface area contributed by atoms with Crippen LogP contribution in [0.5, 0.6) is 0 Å². The normalized spacial score (nSPS) is 23.6. The van der Waals surface area contributed by atoms with Crippen LogP contribution in [0, 0.1) is 5.41 Å². The first kappa shape index (κ1) is 13.3. The maximum Gasteiger partial charge on any atom is 0.0431 e. The summed E-state index contributed by atoms with van der Waals surface area (Å²) in [5.41, 5.74) is 0.310. The zero-order chi connectivity index (χ0) is 11.3. The van der Waals surface area contributed by atoms with Gasteiger partial charge in [-0.1, -0.05) is 13.8 Å². The Bertz CT molecular complexity index is 184. The van der Waals surface area contributed by atoms with Crippen LogP contribution >= 0.6 is 12.6 Å². The molecule has 90 valence electrons. The molecule has 1 fully saturated rings. The molecule has 0 aromatic heterocycles. The Balaban J connectivity index is 2.39. The van der Waals surface area contributed by atoms with Gasteiger partial charge < -0.3 is 5.11 Å². The van der Waals surface area contributed by atoms with Crippen LogP contribution in [0.1, 0.15) is 39.5 Å². The highest BCUT2D eigenvalue weighted by Crippen LogP contribution is 2.27. The molecule has 1 aliphatic heterocycles. The predicted octanol–water partition coefficient (Wildman–Crippen LogP) is 2.18. The van der Waals surface area contributed by atoms with Crippen molar-refractivity contribution in [2.24, 2.45) is 5.41 Å². The maximum absolute atomic E-state index is 8.86. The van der Waals surface area contributed by atoms with Gasteiger partial charge in [0.05, 0.1) is 0 Å². The van der Waals surface area contributed by atoms with Crippen molar-refractivity contribution in [2.75, 3.05) is 25.4 Å². The lowest BCUT2D eigenvalue weighted by Crippen LogP contribution is -2.38. The van der Waals surface area contributed by atoms with Crippen LogP contribution in [0.4, 0.5) is 0 Å². The van der Waals surface area contributed by atoms with Crippen molar-refractivity contribution in [1.29, 1.82) is 0 Å². The zero-order valence-electron chi connectivity index (χ0n) is 10.1. The summed E-state index contributed by atoms with van der Waals surface area (Å²) in [6.07, 6.45) is 4.73. The highest BCUT2D eigenvalue weighted by molar-refractivity contribution is 7.80. The fourth-order valence-corrected chi connectivity index (χ4v) is 2.46. The van der Waals surface area contributed by atoms with E-state index in [0.717, 1.165) is 25.1 Å². The number of aliphatic hydroxyl groups is 1. The molecule has 2 nitrogen and oxygen atoms in total. The Morgan fingerprint density at radius 2 is 2.20 bits per heavy atom. The molecule has 1 N–H and O–H groups in total. The van der Waals surface area contributed by atoms with E-state index in [-0.39, 0.29) is 0 Å². The third-order valence-electron chi connectivity index (χ3n) is 3.25. The Morgan fingerprint density at radius 1 is 1.47 bits per heavy atom. The summed E-state index contributed by atoms with van der Waals surface area (Å²) in [6.45, 7) is 7.27. The second-order valence-electron chi connectivity index (χ2n) is 5.45. The SMILES string of the molecule is CC(C)(CS)CN1CCCC1CCCO. The molecule has 0 spiro atoms. The topological polar surface area (TPSA) is 23.5 Å². The summed E-state index contributed by atoms with van der Waals surface area (Å²) in [4.78, 5) is 2.59. The molecule has 1 unspecified atom stereocenters. The lowest BCUT2D eigenvalue weighted by Gasteiger charge is -2.32. The van der Waals surface area contributed by atoms with Crippen molar-refractivity contribution < 1.29 is 5.11 Å². The third-order valence-corrected chi connectivity index (χ3v) is 4.11. The fraction of sp³-hybridized carbons (Fsp3) is 1.00. The Hall–Kier alpha value is 0.270. The number of thiol groups is 1. The van der Waals surface area contributed by atoms with Gasteiger partial charge in [-0.15, -0.1) is 0 Å². The second-order valence-corrected chi connectivity index (χ2v) is 5.77. The van der Waals surface area contributed by atoms with Crippen LogP contribution in [0.3, 0.4) is 0 Å². The van der Waals surface area contributed by atoms with Gasteiger partial charge in [-0.2, -0.15) is 12.6 Å². The van der Waals surface area contributed by atoms with E-state index in [4.69, 9.17) is 5.11 Å². The molecule has 0 aromatic rings. The molecule has 1 saturated heterocycles. The largest absolute Gasteiger partial charge is 0.396 e. The first-order chi connectivity index (χ1) is 7.09. The van der Waals surface area contributed by atoms with Crippen LogP contribution in [0.25, 0.3) is 0 Å². The quantitative estimate of drug-likeness (QED) is 0.685. The minimum atomic E-state index is 0.310. The molecule has 3 heteroatoms. The minimum absolute atomic E-state index is 0.310. The molecule has 15 heavy (non-hydrogen) atoms. The van der Waals surface area contributed by atoms with E-state index < -0.39 is 0 Å². The molecule has 1 aliphatic rings. The lowest BCUT2D eigenvalue weighted by atomic mass is 9.95. The van der Waals surface area contributed by atoms with Crippen LogP contribution in [0.15, 0.2) is 0 Å². The van der Waals surface area contributed by atoms with Crippen LogP contribution in [-0.2, 0) is 0 Å². The zero-order valence-corrected chi connectivity index (χ0v) is 11.0. The Kier molecular flexibility index (Phi) is 5.44. The van der Waals surface area contributed by atoms with E-state index in [1.807, 2.05) is 0 Å². The van der Waals surface area contributed by atoms with Gasteiger partial charge >= 0.3 is 0 Å². The van der Waals surface area contributed by atoms with E-state index in [0.29, 0.717) is 18.1 Å². The first-order valence-corrected chi connectivity index (χ1v) is 6.68.